The highest BCUT2D eigenvalue weighted by atomic mass is 79.9. The minimum absolute atomic E-state index is 0.101. The molecule has 90 valence electrons. The Hall–Kier alpha value is -1.93. The number of ether oxygens (including phenoxy) is 1. The first kappa shape index (κ1) is 12.5. The van der Waals surface area contributed by atoms with Crippen molar-refractivity contribution < 1.29 is 9.13 Å². The minimum Gasteiger partial charge on any atom is -0.486 e. The van der Waals surface area contributed by atoms with E-state index in [9.17, 15) is 4.39 Å². The van der Waals surface area contributed by atoms with Gasteiger partial charge in [-0.1, -0.05) is 22.0 Å². The molecule has 0 aliphatic heterocycles. The third kappa shape index (κ3) is 2.84. The topological polar surface area (TPSA) is 45.9 Å². The highest BCUT2D eigenvalue weighted by Gasteiger charge is 2.07. The van der Waals surface area contributed by atoms with Gasteiger partial charge in [-0.25, -0.2) is 9.37 Å². The number of nitriles is 1. The van der Waals surface area contributed by atoms with Gasteiger partial charge in [0.05, 0.1) is 0 Å². The molecule has 0 saturated heterocycles. The number of pyridine rings is 1. The number of aromatic nitrogens is 1. The van der Waals surface area contributed by atoms with Crippen molar-refractivity contribution in [1.29, 1.82) is 5.26 Å². The van der Waals surface area contributed by atoms with Crippen molar-refractivity contribution in [3.05, 3.63) is 58.1 Å². The molecule has 2 rings (SSSR count). The Balaban J connectivity index is 2.17. The molecule has 0 saturated carbocycles. The lowest BCUT2D eigenvalue weighted by Gasteiger charge is -2.08. The van der Waals surface area contributed by atoms with Gasteiger partial charge in [-0.05, 0) is 24.3 Å². The van der Waals surface area contributed by atoms with Crippen LogP contribution >= 0.6 is 15.9 Å². The Morgan fingerprint density at radius 1 is 1.39 bits per heavy atom. The van der Waals surface area contributed by atoms with E-state index in [-0.39, 0.29) is 18.1 Å². The van der Waals surface area contributed by atoms with E-state index in [0.717, 1.165) is 4.47 Å². The van der Waals surface area contributed by atoms with Gasteiger partial charge in [-0.3, -0.25) is 0 Å². The second kappa shape index (κ2) is 5.61. The van der Waals surface area contributed by atoms with E-state index in [1.54, 1.807) is 18.2 Å². The van der Waals surface area contributed by atoms with E-state index in [0.29, 0.717) is 5.56 Å². The first-order valence-electron chi connectivity index (χ1n) is 5.12. The molecule has 0 bridgehead atoms. The van der Waals surface area contributed by atoms with Gasteiger partial charge < -0.3 is 4.74 Å². The predicted molar refractivity (Wildman–Crippen MR) is 67.4 cm³/mol. The van der Waals surface area contributed by atoms with Crippen molar-refractivity contribution in [2.24, 2.45) is 0 Å². The van der Waals surface area contributed by atoms with Gasteiger partial charge in [0.15, 0.2) is 11.6 Å². The molecule has 0 amide bonds. The lowest BCUT2D eigenvalue weighted by atomic mass is 10.2. The highest BCUT2D eigenvalue weighted by molar-refractivity contribution is 9.10. The second-order valence-electron chi connectivity index (χ2n) is 3.49. The van der Waals surface area contributed by atoms with E-state index >= 15 is 0 Å². The molecule has 0 radical (unpaired) electrons. The molecule has 3 nitrogen and oxygen atoms in total. The van der Waals surface area contributed by atoms with Crippen LogP contribution in [0.1, 0.15) is 11.3 Å². The van der Waals surface area contributed by atoms with Crippen molar-refractivity contribution in [2.45, 2.75) is 6.61 Å². The molecule has 0 fully saturated rings. The van der Waals surface area contributed by atoms with E-state index in [4.69, 9.17) is 10.00 Å². The summed E-state index contributed by atoms with van der Waals surface area (Å²) in [6.07, 6.45) is 1.53. The number of rotatable bonds is 3. The van der Waals surface area contributed by atoms with Gasteiger partial charge in [0, 0.05) is 16.2 Å². The molecular formula is C13H8BrFN2O. The van der Waals surface area contributed by atoms with Crippen LogP contribution in [-0.2, 0) is 6.61 Å². The summed E-state index contributed by atoms with van der Waals surface area (Å²) in [7, 11) is 0. The van der Waals surface area contributed by atoms with Gasteiger partial charge in [-0.15, -0.1) is 0 Å². The molecule has 2 aromatic rings. The summed E-state index contributed by atoms with van der Waals surface area (Å²) in [4.78, 5) is 3.91. The summed E-state index contributed by atoms with van der Waals surface area (Å²) in [6.45, 7) is 0.101. The Kier molecular flexibility index (Phi) is 3.90. The average molecular weight is 307 g/mol. The van der Waals surface area contributed by atoms with Crippen LogP contribution in [0.3, 0.4) is 0 Å². The predicted octanol–water partition coefficient (Wildman–Crippen LogP) is 3.43. The van der Waals surface area contributed by atoms with Crippen LogP contribution < -0.4 is 4.74 Å². The zero-order valence-corrected chi connectivity index (χ0v) is 10.8. The maximum absolute atomic E-state index is 13.4. The molecule has 0 aliphatic carbocycles. The van der Waals surface area contributed by atoms with Crippen LogP contribution in [0.25, 0.3) is 0 Å². The van der Waals surface area contributed by atoms with Crippen LogP contribution in [0.5, 0.6) is 5.75 Å². The zero-order chi connectivity index (χ0) is 13.0. The van der Waals surface area contributed by atoms with Gasteiger partial charge in [-0.2, -0.15) is 5.26 Å². The van der Waals surface area contributed by atoms with E-state index in [2.05, 4.69) is 20.9 Å². The summed E-state index contributed by atoms with van der Waals surface area (Å²) in [5.74, 6) is -0.308. The molecule has 0 N–H and O–H groups in total. The monoisotopic (exact) mass is 306 g/mol. The summed E-state index contributed by atoms with van der Waals surface area (Å²) < 4.78 is 19.5. The Morgan fingerprint density at radius 3 is 3.00 bits per heavy atom. The first-order chi connectivity index (χ1) is 8.70. The third-order valence-corrected chi connectivity index (χ3v) is 2.77. The van der Waals surface area contributed by atoms with Gasteiger partial charge in [0.1, 0.15) is 18.4 Å². The second-order valence-corrected chi connectivity index (χ2v) is 4.40. The van der Waals surface area contributed by atoms with Crippen LogP contribution in [0, 0.1) is 17.1 Å². The molecule has 0 spiro atoms. The molecule has 0 unspecified atom stereocenters. The van der Waals surface area contributed by atoms with E-state index < -0.39 is 5.82 Å². The molecule has 18 heavy (non-hydrogen) atoms. The van der Waals surface area contributed by atoms with Gasteiger partial charge in [0.2, 0.25) is 0 Å². The highest BCUT2D eigenvalue weighted by Crippen LogP contribution is 2.23. The van der Waals surface area contributed by atoms with Gasteiger partial charge in [0.25, 0.3) is 0 Å². The van der Waals surface area contributed by atoms with Crippen molar-refractivity contribution in [3.63, 3.8) is 0 Å². The lowest BCUT2D eigenvalue weighted by Crippen LogP contribution is -2.01. The fourth-order valence-corrected chi connectivity index (χ4v) is 1.74. The number of nitrogens with zero attached hydrogens (tertiary/aromatic N) is 2. The number of hydrogen-bond acceptors (Lipinski definition) is 3. The van der Waals surface area contributed by atoms with Crippen molar-refractivity contribution in [1.82, 2.24) is 4.98 Å². The largest absolute Gasteiger partial charge is 0.486 e. The van der Waals surface area contributed by atoms with Crippen molar-refractivity contribution in [2.75, 3.05) is 0 Å². The van der Waals surface area contributed by atoms with Crippen molar-refractivity contribution >= 4 is 15.9 Å². The fourth-order valence-electron chi connectivity index (χ4n) is 1.40. The summed E-state index contributed by atoms with van der Waals surface area (Å²) in [6, 6.07) is 9.84. The van der Waals surface area contributed by atoms with Crippen LogP contribution in [0.4, 0.5) is 4.39 Å². The third-order valence-electron chi connectivity index (χ3n) is 2.27. The summed E-state index contributed by atoms with van der Waals surface area (Å²) >= 11 is 3.24. The smallest absolute Gasteiger partial charge is 0.165 e. The van der Waals surface area contributed by atoms with Crippen LogP contribution in [0.15, 0.2) is 41.0 Å². The molecule has 1 aromatic heterocycles. The molecule has 0 atom stereocenters. The van der Waals surface area contributed by atoms with Crippen LogP contribution in [-0.4, -0.2) is 4.98 Å². The molecular weight excluding hydrogens is 299 g/mol. The molecule has 1 heterocycles. The first-order valence-corrected chi connectivity index (χ1v) is 5.92. The Morgan fingerprint density at radius 2 is 2.22 bits per heavy atom. The van der Waals surface area contributed by atoms with E-state index in [1.165, 1.54) is 18.3 Å². The quantitative estimate of drug-likeness (QED) is 0.872. The number of benzene rings is 1. The number of hydrogen-bond donors (Lipinski definition) is 0. The summed E-state index contributed by atoms with van der Waals surface area (Å²) in [5.41, 5.74) is 0.910. The van der Waals surface area contributed by atoms with E-state index in [1.807, 2.05) is 6.07 Å². The Bertz CT molecular complexity index is 610. The normalized spacial score (nSPS) is 9.83. The molecule has 5 heteroatoms. The minimum atomic E-state index is -0.444. The summed E-state index contributed by atoms with van der Waals surface area (Å²) in [5, 5.41) is 8.86. The zero-order valence-electron chi connectivity index (χ0n) is 9.23. The SMILES string of the molecule is N#Cc1ncccc1COc1cc(Br)ccc1F. The van der Waals surface area contributed by atoms with Crippen molar-refractivity contribution in [3.8, 4) is 11.8 Å². The lowest BCUT2D eigenvalue weighted by molar-refractivity contribution is 0.289. The Labute approximate surface area is 112 Å². The van der Waals surface area contributed by atoms with Crippen LogP contribution in [0.2, 0.25) is 0 Å². The number of halogens is 2. The average Bonchev–Trinajstić information content (AvgIpc) is 2.40. The molecule has 0 aliphatic rings. The fraction of sp³-hybridized carbons (Fsp3) is 0.0769. The standard InChI is InChI=1S/C13H8BrFN2O/c14-10-3-4-11(15)13(6-10)18-8-9-2-1-5-17-12(9)7-16/h1-6H,8H2. The molecule has 1 aromatic carbocycles. The maximum Gasteiger partial charge on any atom is 0.165 e. The van der Waals surface area contributed by atoms with Gasteiger partial charge >= 0.3 is 0 Å². The maximum atomic E-state index is 13.4.